The Labute approximate surface area is 220 Å². The van der Waals surface area contributed by atoms with Gasteiger partial charge in [0, 0.05) is 29.3 Å². The van der Waals surface area contributed by atoms with Crippen LogP contribution in [0.5, 0.6) is 5.75 Å². The van der Waals surface area contributed by atoms with Crippen LogP contribution in [0.4, 0.5) is 24.7 Å². The number of amidine groups is 1. The molecule has 0 saturated carbocycles. The molecule has 9 nitrogen and oxygen atoms in total. The summed E-state index contributed by atoms with van der Waals surface area (Å²) in [5, 5.41) is 3.11. The van der Waals surface area contributed by atoms with Crippen LogP contribution in [-0.4, -0.2) is 36.5 Å². The van der Waals surface area contributed by atoms with Gasteiger partial charge in [0.15, 0.2) is 29.2 Å². The fourth-order valence-corrected chi connectivity index (χ4v) is 5.61. The first-order valence-electron chi connectivity index (χ1n) is 11.6. The summed E-state index contributed by atoms with van der Waals surface area (Å²) in [6.07, 6.45) is 5.75. The molecule has 0 spiro atoms. The first-order chi connectivity index (χ1) is 18.1. The third kappa shape index (κ3) is 4.62. The van der Waals surface area contributed by atoms with Crippen molar-refractivity contribution in [2.24, 2.45) is 16.6 Å². The molecule has 1 aliphatic heterocycles. The first-order valence-corrected chi connectivity index (χ1v) is 12.4. The van der Waals surface area contributed by atoms with E-state index in [1.54, 1.807) is 26.8 Å². The quantitative estimate of drug-likeness (QED) is 0.321. The minimum absolute atomic E-state index is 0.0519. The molecule has 0 radical (unpaired) electrons. The number of benzene rings is 1. The summed E-state index contributed by atoms with van der Waals surface area (Å²) in [6.45, 7) is 4.47. The van der Waals surface area contributed by atoms with Gasteiger partial charge < -0.3 is 20.2 Å². The first kappa shape index (κ1) is 25.8. The van der Waals surface area contributed by atoms with Crippen molar-refractivity contribution in [1.82, 2.24) is 19.9 Å². The highest BCUT2D eigenvalue weighted by Gasteiger charge is 2.50. The number of oxazole rings is 1. The number of nitrogens with one attached hydrogen (secondary N) is 1. The van der Waals surface area contributed by atoms with Gasteiger partial charge in [-0.05, 0) is 19.9 Å². The molecule has 0 saturated heterocycles. The predicted octanol–water partition coefficient (Wildman–Crippen LogP) is 5.25. The monoisotopic (exact) mass is 543 g/mol. The molecule has 4 aromatic rings. The highest BCUT2D eigenvalue weighted by atomic mass is 32.2. The summed E-state index contributed by atoms with van der Waals surface area (Å²) < 4.78 is 54.0. The van der Waals surface area contributed by atoms with Crippen molar-refractivity contribution in [1.29, 1.82) is 0 Å². The average molecular weight is 544 g/mol. The Morgan fingerprint density at radius 3 is 2.71 bits per heavy atom. The van der Waals surface area contributed by atoms with Crippen LogP contribution < -0.4 is 15.8 Å². The Morgan fingerprint density at radius 1 is 1.16 bits per heavy atom. The second-order valence-electron chi connectivity index (χ2n) is 9.29. The Kier molecular flexibility index (Phi) is 6.63. The van der Waals surface area contributed by atoms with E-state index in [9.17, 15) is 8.78 Å². The lowest BCUT2D eigenvalue weighted by molar-refractivity contribution is 0.220. The van der Waals surface area contributed by atoms with Crippen molar-refractivity contribution in [2.75, 3.05) is 12.0 Å². The summed E-state index contributed by atoms with van der Waals surface area (Å²) in [7, 11) is 0. The molecule has 13 heteroatoms. The molecule has 38 heavy (non-hydrogen) atoms. The molecule has 0 bridgehead atoms. The number of halogens is 3. The fraction of sp³-hybridized carbons (Fsp3) is 0.320. The van der Waals surface area contributed by atoms with Gasteiger partial charge in [-0.2, -0.15) is 0 Å². The number of hydrogen-bond acceptors (Lipinski definition) is 10. The molecule has 5 rings (SSSR count). The second kappa shape index (κ2) is 9.78. The van der Waals surface area contributed by atoms with Crippen LogP contribution in [0.3, 0.4) is 0 Å². The SMILES string of the molecule is C[C@@H]1[C@@](C)(CF)SC(N)=N[C@]1(C)c1cc(Nc2ncnc3cc(OCc4ncco4)cnc23)cc(F)c1F. The van der Waals surface area contributed by atoms with Crippen LogP contribution in [-0.2, 0) is 12.1 Å². The van der Waals surface area contributed by atoms with Gasteiger partial charge >= 0.3 is 0 Å². The predicted molar refractivity (Wildman–Crippen MR) is 138 cm³/mol. The van der Waals surface area contributed by atoms with E-state index in [1.807, 2.05) is 0 Å². The van der Waals surface area contributed by atoms with Gasteiger partial charge in [0.25, 0.3) is 0 Å². The Morgan fingerprint density at radius 2 is 1.97 bits per heavy atom. The summed E-state index contributed by atoms with van der Waals surface area (Å²) in [4.78, 5) is 21.3. The molecule has 1 aromatic carbocycles. The molecular weight excluding hydrogens is 519 g/mol. The summed E-state index contributed by atoms with van der Waals surface area (Å²) in [5.74, 6) is -1.59. The largest absolute Gasteiger partial charge is 0.482 e. The normalized spacial score (nSPS) is 23.3. The third-order valence-electron chi connectivity index (χ3n) is 6.84. The summed E-state index contributed by atoms with van der Waals surface area (Å²) in [5.41, 5.74) is 5.67. The van der Waals surface area contributed by atoms with Crippen LogP contribution >= 0.6 is 11.8 Å². The van der Waals surface area contributed by atoms with Gasteiger partial charge in [0.2, 0.25) is 5.89 Å². The van der Waals surface area contributed by atoms with E-state index in [2.05, 4.69) is 30.2 Å². The number of nitrogens with zero attached hydrogens (tertiary/aromatic N) is 5. The molecule has 0 unspecified atom stereocenters. The van der Waals surface area contributed by atoms with Crippen LogP contribution in [0.2, 0.25) is 0 Å². The van der Waals surface area contributed by atoms with Crippen molar-refractivity contribution >= 4 is 39.5 Å². The molecule has 0 amide bonds. The lowest BCUT2D eigenvalue weighted by atomic mass is 9.74. The van der Waals surface area contributed by atoms with Gasteiger partial charge in [-0.15, -0.1) is 0 Å². The number of rotatable bonds is 7. The number of fused-ring (bicyclic) bond motifs is 1. The number of thioether (sulfide) groups is 1. The van der Waals surface area contributed by atoms with Crippen LogP contribution in [0, 0.1) is 17.6 Å². The fourth-order valence-electron chi connectivity index (χ4n) is 4.44. The van der Waals surface area contributed by atoms with E-state index in [1.165, 1.54) is 31.1 Å². The molecule has 0 aliphatic carbocycles. The molecular formula is C25H24F3N7O2S. The highest BCUT2D eigenvalue weighted by molar-refractivity contribution is 8.15. The van der Waals surface area contributed by atoms with Crippen LogP contribution in [0.15, 0.2) is 52.6 Å². The van der Waals surface area contributed by atoms with E-state index >= 15 is 4.39 Å². The topological polar surface area (TPSA) is 124 Å². The van der Waals surface area contributed by atoms with Gasteiger partial charge in [-0.1, -0.05) is 18.7 Å². The van der Waals surface area contributed by atoms with E-state index in [4.69, 9.17) is 14.9 Å². The third-order valence-corrected chi connectivity index (χ3v) is 8.07. The molecule has 1 aliphatic rings. The molecule has 198 valence electrons. The smallest absolute Gasteiger partial charge is 0.232 e. The molecule has 3 N–H and O–H groups in total. The Bertz CT molecular complexity index is 1520. The molecule has 0 fully saturated rings. The molecule has 4 heterocycles. The summed E-state index contributed by atoms with van der Waals surface area (Å²) in [6, 6.07) is 4.10. The average Bonchev–Trinajstić information content (AvgIpc) is 3.42. The minimum atomic E-state index is -1.32. The number of nitrogens with two attached hydrogens (primary N) is 1. The van der Waals surface area contributed by atoms with Gasteiger partial charge in [-0.25, -0.2) is 33.1 Å². The number of aromatic nitrogens is 4. The number of hydrogen-bond donors (Lipinski definition) is 2. The van der Waals surface area contributed by atoms with E-state index in [0.717, 1.165) is 17.8 Å². The lowest BCUT2D eigenvalue weighted by Gasteiger charge is -2.46. The highest BCUT2D eigenvalue weighted by Crippen LogP contribution is 2.51. The number of alkyl halides is 1. The van der Waals surface area contributed by atoms with Crippen molar-refractivity contribution < 1.29 is 22.3 Å². The maximum Gasteiger partial charge on any atom is 0.232 e. The molecule has 3 atom stereocenters. The second-order valence-corrected chi connectivity index (χ2v) is 10.8. The zero-order valence-electron chi connectivity index (χ0n) is 20.7. The maximum atomic E-state index is 15.2. The lowest BCUT2D eigenvalue weighted by Crippen LogP contribution is -2.49. The van der Waals surface area contributed by atoms with Crippen molar-refractivity contribution in [2.45, 2.75) is 37.7 Å². The standard InChI is InChI=1S/C25H24F3N7O2S/c1-13-24(2,11-26)38-23(29)35-25(13,3)16-6-14(7-17(27)20(16)28)34-22-21-18(32-12-33-22)8-15(9-31-21)37-10-19-30-4-5-36-19/h4-9,12-13H,10-11H2,1-3H3,(H2,29,35)(H,32,33,34)/t13-,24-,25+/m1/s1. The number of anilines is 2. The summed E-state index contributed by atoms with van der Waals surface area (Å²) >= 11 is 1.09. The number of pyridine rings is 1. The van der Waals surface area contributed by atoms with Crippen LogP contribution in [0.25, 0.3) is 11.0 Å². The molecule has 3 aromatic heterocycles. The van der Waals surface area contributed by atoms with Crippen molar-refractivity contribution in [3.63, 3.8) is 0 Å². The van der Waals surface area contributed by atoms with Gasteiger partial charge in [0.1, 0.15) is 30.5 Å². The van der Waals surface area contributed by atoms with E-state index in [-0.39, 0.29) is 28.8 Å². The number of ether oxygens (including phenoxy) is 1. The zero-order valence-corrected chi connectivity index (χ0v) is 21.5. The van der Waals surface area contributed by atoms with Gasteiger partial charge in [0.05, 0.1) is 28.2 Å². The van der Waals surface area contributed by atoms with Crippen molar-refractivity contribution in [3.8, 4) is 5.75 Å². The van der Waals surface area contributed by atoms with E-state index < -0.39 is 34.5 Å². The van der Waals surface area contributed by atoms with Crippen molar-refractivity contribution in [3.05, 3.63) is 66.3 Å². The Hall–Kier alpha value is -3.87. The number of aliphatic imine (C=N–C) groups is 1. The minimum Gasteiger partial charge on any atom is -0.482 e. The van der Waals surface area contributed by atoms with Crippen LogP contribution in [0.1, 0.15) is 32.2 Å². The zero-order chi connectivity index (χ0) is 27.1. The van der Waals surface area contributed by atoms with E-state index in [0.29, 0.717) is 22.7 Å². The Balaban J connectivity index is 1.48. The van der Waals surface area contributed by atoms with Gasteiger partial charge in [-0.3, -0.25) is 4.99 Å². The maximum absolute atomic E-state index is 15.2.